The SMILES string of the molecule is [Pt+2].[c-]1c(Oc2[c-]c(-n3cc(-c4ccccc4)n4ccnc34)ccc2)cccc1-n1cc(-c2ccccc2)n2ccnc12. The van der Waals surface area contributed by atoms with Crippen LogP contribution in [0.15, 0.2) is 134 Å². The minimum Gasteiger partial charge on any atom is -0.509 e. The van der Waals surface area contributed by atoms with Gasteiger partial charge in [0.25, 0.3) is 0 Å². The molecule has 0 spiro atoms. The average molecular weight is 726 g/mol. The van der Waals surface area contributed by atoms with Crippen LogP contribution < -0.4 is 4.74 Å². The Morgan fingerprint density at radius 3 is 1.43 bits per heavy atom. The fraction of sp³-hybridized carbons (Fsp3) is 0. The van der Waals surface area contributed by atoms with Crippen LogP contribution in [-0.2, 0) is 21.1 Å². The van der Waals surface area contributed by atoms with Crippen molar-refractivity contribution in [3.8, 4) is 45.4 Å². The maximum absolute atomic E-state index is 6.28. The summed E-state index contributed by atoms with van der Waals surface area (Å²) in [6.07, 6.45) is 11.7. The molecule has 0 radical (unpaired) electrons. The molecule has 4 heterocycles. The molecule has 0 aliphatic rings. The fourth-order valence-electron chi connectivity index (χ4n) is 5.20. The molecule has 204 valence electrons. The maximum atomic E-state index is 6.28. The number of imidazole rings is 4. The van der Waals surface area contributed by atoms with Gasteiger partial charge in [0.15, 0.2) is 0 Å². The van der Waals surface area contributed by atoms with Gasteiger partial charge in [-0.2, -0.15) is 12.1 Å². The van der Waals surface area contributed by atoms with Crippen LogP contribution in [0.2, 0.25) is 0 Å². The van der Waals surface area contributed by atoms with Crippen LogP contribution in [0.4, 0.5) is 0 Å². The van der Waals surface area contributed by atoms with E-state index in [-0.39, 0.29) is 21.1 Å². The van der Waals surface area contributed by atoms with E-state index in [1.165, 1.54) is 0 Å². The zero-order valence-electron chi connectivity index (χ0n) is 22.1. The molecule has 8 rings (SSSR count). The number of hydrogen-bond acceptors (Lipinski definition) is 3. The summed E-state index contributed by atoms with van der Waals surface area (Å²) in [4.78, 5) is 9.19. The van der Waals surface area contributed by atoms with Gasteiger partial charge in [0.05, 0.1) is 11.4 Å². The van der Waals surface area contributed by atoms with Gasteiger partial charge in [0.2, 0.25) is 11.6 Å². The Kier molecular flexibility index (Phi) is 6.57. The van der Waals surface area contributed by atoms with Crippen molar-refractivity contribution in [3.05, 3.63) is 146 Å². The van der Waals surface area contributed by atoms with Gasteiger partial charge in [0.1, 0.15) is 0 Å². The van der Waals surface area contributed by atoms with Gasteiger partial charge in [0, 0.05) is 59.8 Å². The van der Waals surface area contributed by atoms with Crippen LogP contribution in [0.5, 0.6) is 11.5 Å². The van der Waals surface area contributed by atoms with E-state index in [9.17, 15) is 0 Å². The van der Waals surface area contributed by atoms with Gasteiger partial charge in [-0.25, -0.2) is 9.97 Å². The number of nitrogens with zero attached hydrogens (tertiary/aromatic N) is 6. The minimum atomic E-state index is 0. The van der Waals surface area contributed by atoms with E-state index in [2.05, 4.69) is 67.6 Å². The molecule has 0 fully saturated rings. The molecular formula is C34H22N6OPt. The normalized spacial score (nSPS) is 11.1. The predicted molar refractivity (Wildman–Crippen MR) is 158 cm³/mol. The minimum absolute atomic E-state index is 0. The van der Waals surface area contributed by atoms with Crippen LogP contribution in [0.3, 0.4) is 0 Å². The molecule has 0 saturated heterocycles. The monoisotopic (exact) mass is 725 g/mol. The second kappa shape index (κ2) is 10.7. The second-order valence-corrected chi connectivity index (χ2v) is 9.60. The van der Waals surface area contributed by atoms with Gasteiger partial charge in [-0.3, -0.25) is 8.80 Å². The molecule has 8 aromatic rings. The summed E-state index contributed by atoms with van der Waals surface area (Å²) in [5.41, 5.74) is 5.97. The van der Waals surface area contributed by atoms with Gasteiger partial charge in [-0.05, 0) is 0 Å². The summed E-state index contributed by atoms with van der Waals surface area (Å²) < 4.78 is 14.5. The molecule has 0 aliphatic carbocycles. The molecule has 4 aromatic carbocycles. The second-order valence-electron chi connectivity index (χ2n) is 9.60. The van der Waals surface area contributed by atoms with E-state index < -0.39 is 0 Å². The van der Waals surface area contributed by atoms with Gasteiger partial charge in [-0.15, -0.1) is 36.4 Å². The Morgan fingerprint density at radius 2 is 0.976 bits per heavy atom. The first kappa shape index (κ1) is 25.8. The number of hydrogen-bond donors (Lipinski definition) is 0. The zero-order chi connectivity index (χ0) is 27.2. The zero-order valence-corrected chi connectivity index (χ0v) is 24.4. The number of benzene rings is 4. The molecule has 8 heteroatoms. The van der Waals surface area contributed by atoms with Crippen molar-refractivity contribution >= 4 is 11.6 Å². The van der Waals surface area contributed by atoms with Gasteiger partial charge >= 0.3 is 21.1 Å². The summed E-state index contributed by atoms with van der Waals surface area (Å²) in [5, 5.41) is 0. The average Bonchev–Trinajstić information content (AvgIpc) is 3.81. The van der Waals surface area contributed by atoms with Crippen molar-refractivity contribution in [2.75, 3.05) is 0 Å². The molecule has 0 N–H and O–H groups in total. The summed E-state index contributed by atoms with van der Waals surface area (Å²) in [5.74, 6) is 2.77. The van der Waals surface area contributed by atoms with E-state index in [0.29, 0.717) is 11.5 Å². The maximum Gasteiger partial charge on any atom is 2.00 e. The van der Waals surface area contributed by atoms with Gasteiger partial charge in [-0.1, -0.05) is 72.0 Å². The molecule has 7 nitrogen and oxygen atoms in total. The number of aromatic nitrogens is 6. The molecular weight excluding hydrogens is 703 g/mol. The van der Waals surface area contributed by atoms with Crippen molar-refractivity contribution in [2.45, 2.75) is 0 Å². The van der Waals surface area contributed by atoms with Crippen LogP contribution in [0.25, 0.3) is 45.4 Å². The summed E-state index contributed by atoms with van der Waals surface area (Å²) in [6.45, 7) is 0. The molecule has 0 unspecified atom stereocenters. The Balaban J connectivity index is 0.00000288. The molecule has 0 atom stereocenters. The van der Waals surface area contributed by atoms with E-state index >= 15 is 0 Å². The van der Waals surface area contributed by atoms with Crippen molar-refractivity contribution in [3.63, 3.8) is 0 Å². The molecule has 0 saturated carbocycles. The largest absolute Gasteiger partial charge is 2.00 e. The number of fused-ring (bicyclic) bond motifs is 2. The molecule has 0 bridgehead atoms. The van der Waals surface area contributed by atoms with Crippen LogP contribution in [-0.4, -0.2) is 27.9 Å². The first-order valence-electron chi connectivity index (χ1n) is 13.2. The summed E-state index contributed by atoms with van der Waals surface area (Å²) in [7, 11) is 0. The Bertz CT molecular complexity index is 1990. The van der Waals surface area contributed by atoms with Gasteiger partial charge < -0.3 is 13.9 Å². The Hall–Kier alpha value is -5.13. The molecule has 42 heavy (non-hydrogen) atoms. The van der Waals surface area contributed by atoms with Crippen molar-refractivity contribution < 1.29 is 25.8 Å². The number of rotatable bonds is 6. The topological polar surface area (TPSA) is 53.7 Å². The van der Waals surface area contributed by atoms with E-state index in [4.69, 9.17) is 4.74 Å². The third kappa shape index (κ3) is 4.44. The third-order valence-corrected chi connectivity index (χ3v) is 7.08. The predicted octanol–water partition coefficient (Wildman–Crippen LogP) is 7.29. The fourth-order valence-corrected chi connectivity index (χ4v) is 5.20. The van der Waals surface area contributed by atoms with Crippen LogP contribution in [0.1, 0.15) is 0 Å². The first-order valence-corrected chi connectivity index (χ1v) is 13.2. The van der Waals surface area contributed by atoms with Crippen molar-refractivity contribution in [1.82, 2.24) is 27.9 Å². The van der Waals surface area contributed by atoms with E-state index in [1.54, 1.807) is 12.4 Å². The summed E-state index contributed by atoms with van der Waals surface area (Å²) >= 11 is 0. The summed E-state index contributed by atoms with van der Waals surface area (Å²) in [6, 6.07) is 39.1. The third-order valence-electron chi connectivity index (χ3n) is 7.08. The Labute approximate surface area is 256 Å². The first-order chi connectivity index (χ1) is 20.3. The van der Waals surface area contributed by atoms with E-state index in [0.717, 1.165) is 45.4 Å². The number of ether oxygens (including phenoxy) is 1. The smallest absolute Gasteiger partial charge is 0.509 e. The molecule has 0 aliphatic heterocycles. The Morgan fingerprint density at radius 1 is 0.524 bits per heavy atom. The standard InChI is InChI=1S/C34H22N6O.Pt/c1-3-9-25(10-4-1)31-23-39(33-35-17-19-37(31)33)27-13-7-15-29(21-27)41-30-16-8-14-28(22-30)40-24-32(26-11-5-2-6-12-26)38-20-18-36-34(38)40;/h1-20,23-24H;/q-2;+2. The molecule has 0 amide bonds. The molecule has 4 aromatic heterocycles. The van der Waals surface area contributed by atoms with Crippen molar-refractivity contribution in [2.24, 2.45) is 0 Å². The van der Waals surface area contributed by atoms with Crippen LogP contribution in [0, 0.1) is 12.1 Å². The quantitative estimate of drug-likeness (QED) is 0.169. The van der Waals surface area contributed by atoms with E-state index in [1.807, 2.05) is 94.3 Å². The van der Waals surface area contributed by atoms with Crippen LogP contribution >= 0.6 is 0 Å². The van der Waals surface area contributed by atoms with Crippen molar-refractivity contribution in [1.29, 1.82) is 0 Å².